The first-order chi connectivity index (χ1) is 8.49. The van der Waals surface area contributed by atoms with Crippen LogP contribution in [0.4, 0.5) is 5.69 Å². The second-order valence-electron chi connectivity index (χ2n) is 3.89. The van der Waals surface area contributed by atoms with Gasteiger partial charge >= 0.3 is 0 Å². The van der Waals surface area contributed by atoms with E-state index in [4.69, 9.17) is 9.47 Å². The maximum absolute atomic E-state index is 11.8. The number of hydrogen-bond acceptors (Lipinski definition) is 4. The van der Waals surface area contributed by atoms with Crippen LogP contribution in [0.5, 0.6) is 11.5 Å². The van der Waals surface area contributed by atoms with E-state index in [1.165, 1.54) is 21.1 Å². The molecule has 0 aromatic heterocycles. The largest absolute Gasteiger partial charge is 0.497 e. The number of Topliss-reactive ketones (excluding diaryl/α,β-unsaturated/α-hetero) is 1. The first-order valence-corrected chi connectivity index (χ1v) is 5.53. The average Bonchev–Trinajstić information content (AvgIpc) is 2.37. The number of rotatable bonds is 5. The van der Waals surface area contributed by atoms with E-state index in [1.54, 1.807) is 25.1 Å². The van der Waals surface area contributed by atoms with Crippen LogP contribution in [0.2, 0.25) is 0 Å². The third kappa shape index (κ3) is 3.23. The fraction of sp³-hybridized carbons (Fsp3) is 0.385. The predicted octanol–water partition coefficient (Wildman–Crippen LogP) is 1.87. The van der Waals surface area contributed by atoms with Gasteiger partial charge in [-0.15, -0.1) is 0 Å². The summed E-state index contributed by atoms with van der Waals surface area (Å²) in [6.45, 7) is 2.94. The summed E-state index contributed by atoms with van der Waals surface area (Å²) in [5.74, 6) is -0.134. The molecular weight excluding hydrogens is 234 g/mol. The summed E-state index contributed by atoms with van der Waals surface area (Å²) in [6.07, 6.45) is 0. The smallest absolute Gasteiger partial charge is 0.234 e. The lowest BCUT2D eigenvalue weighted by molar-refractivity contribution is -0.129. The zero-order valence-electron chi connectivity index (χ0n) is 10.9. The van der Waals surface area contributed by atoms with Gasteiger partial charge < -0.3 is 14.8 Å². The van der Waals surface area contributed by atoms with Gasteiger partial charge in [-0.2, -0.15) is 0 Å². The molecule has 0 radical (unpaired) electrons. The Morgan fingerprint density at radius 1 is 1.22 bits per heavy atom. The monoisotopic (exact) mass is 251 g/mol. The van der Waals surface area contributed by atoms with Gasteiger partial charge in [0.2, 0.25) is 5.91 Å². The van der Waals surface area contributed by atoms with Gasteiger partial charge in [-0.3, -0.25) is 9.59 Å². The number of ketones is 1. The van der Waals surface area contributed by atoms with Crippen LogP contribution < -0.4 is 14.8 Å². The highest BCUT2D eigenvalue weighted by atomic mass is 16.5. The Morgan fingerprint density at radius 2 is 1.89 bits per heavy atom. The topological polar surface area (TPSA) is 64.6 Å². The third-order valence-electron chi connectivity index (χ3n) is 2.67. The van der Waals surface area contributed by atoms with E-state index in [0.717, 1.165) is 0 Å². The molecule has 0 aliphatic rings. The summed E-state index contributed by atoms with van der Waals surface area (Å²) in [4.78, 5) is 22.9. The van der Waals surface area contributed by atoms with Crippen molar-refractivity contribution in [1.82, 2.24) is 0 Å². The van der Waals surface area contributed by atoms with Crippen LogP contribution in [0.3, 0.4) is 0 Å². The highest BCUT2D eigenvalue weighted by Crippen LogP contribution is 2.29. The summed E-state index contributed by atoms with van der Waals surface area (Å²) >= 11 is 0. The zero-order valence-corrected chi connectivity index (χ0v) is 10.9. The molecule has 98 valence electrons. The standard InChI is InChI=1S/C13H17NO4/c1-8(9(2)15)13(16)14-11-7-10(17-3)5-6-12(11)18-4/h5-8H,1-4H3,(H,14,16). The molecule has 1 N–H and O–H groups in total. The van der Waals surface area contributed by atoms with Gasteiger partial charge in [-0.25, -0.2) is 0 Å². The van der Waals surface area contributed by atoms with Crippen molar-refractivity contribution in [3.05, 3.63) is 18.2 Å². The number of ether oxygens (including phenoxy) is 2. The molecule has 1 aromatic carbocycles. The van der Waals surface area contributed by atoms with Crippen LogP contribution in [-0.2, 0) is 9.59 Å². The van der Waals surface area contributed by atoms with Crippen LogP contribution in [0.1, 0.15) is 13.8 Å². The SMILES string of the molecule is COc1ccc(OC)c(NC(=O)C(C)C(C)=O)c1. The van der Waals surface area contributed by atoms with Crippen molar-refractivity contribution < 1.29 is 19.1 Å². The molecule has 1 aromatic rings. The quantitative estimate of drug-likeness (QED) is 0.811. The van der Waals surface area contributed by atoms with Crippen molar-refractivity contribution in [1.29, 1.82) is 0 Å². The molecule has 0 saturated carbocycles. The van der Waals surface area contributed by atoms with Crippen molar-refractivity contribution in [2.75, 3.05) is 19.5 Å². The minimum absolute atomic E-state index is 0.186. The first-order valence-electron chi connectivity index (χ1n) is 5.53. The number of hydrogen-bond donors (Lipinski definition) is 1. The Morgan fingerprint density at radius 3 is 2.39 bits per heavy atom. The Labute approximate surface area is 106 Å². The van der Waals surface area contributed by atoms with Crippen molar-refractivity contribution in [2.24, 2.45) is 5.92 Å². The van der Waals surface area contributed by atoms with E-state index in [0.29, 0.717) is 17.2 Å². The van der Waals surface area contributed by atoms with Crippen LogP contribution in [0.15, 0.2) is 18.2 Å². The highest BCUT2D eigenvalue weighted by Gasteiger charge is 2.19. The lowest BCUT2D eigenvalue weighted by Gasteiger charge is -2.13. The van der Waals surface area contributed by atoms with Gasteiger partial charge in [-0.1, -0.05) is 0 Å². The number of methoxy groups -OCH3 is 2. The molecule has 1 rings (SSSR count). The summed E-state index contributed by atoms with van der Waals surface area (Å²) in [5, 5.41) is 2.65. The molecule has 1 amide bonds. The van der Waals surface area contributed by atoms with E-state index < -0.39 is 5.92 Å². The summed E-state index contributed by atoms with van der Waals surface area (Å²) in [6, 6.07) is 5.05. The number of benzene rings is 1. The van der Waals surface area contributed by atoms with Gasteiger partial charge in [0.05, 0.1) is 25.8 Å². The molecule has 0 saturated heterocycles. The lowest BCUT2D eigenvalue weighted by Crippen LogP contribution is -2.25. The molecule has 5 heteroatoms. The minimum atomic E-state index is -0.694. The lowest BCUT2D eigenvalue weighted by atomic mass is 10.1. The molecule has 1 unspecified atom stereocenters. The number of anilines is 1. The molecule has 0 aliphatic carbocycles. The third-order valence-corrected chi connectivity index (χ3v) is 2.67. The zero-order chi connectivity index (χ0) is 13.7. The van der Waals surface area contributed by atoms with Crippen molar-refractivity contribution in [3.8, 4) is 11.5 Å². The maximum atomic E-state index is 11.8. The average molecular weight is 251 g/mol. The molecular formula is C13H17NO4. The summed E-state index contributed by atoms with van der Waals surface area (Å²) in [7, 11) is 3.04. The van der Waals surface area contributed by atoms with Gasteiger partial charge in [0.25, 0.3) is 0 Å². The first kappa shape index (κ1) is 14.0. The van der Waals surface area contributed by atoms with Crippen LogP contribution in [-0.4, -0.2) is 25.9 Å². The van der Waals surface area contributed by atoms with E-state index in [-0.39, 0.29) is 11.7 Å². The van der Waals surface area contributed by atoms with E-state index in [9.17, 15) is 9.59 Å². The number of carbonyl (C=O) groups excluding carboxylic acids is 2. The van der Waals surface area contributed by atoms with E-state index in [1.807, 2.05) is 0 Å². The van der Waals surface area contributed by atoms with Crippen molar-refractivity contribution >= 4 is 17.4 Å². The summed E-state index contributed by atoms with van der Waals surface area (Å²) < 4.78 is 10.2. The molecule has 0 fully saturated rings. The van der Waals surface area contributed by atoms with Crippen molar-refractivity contribution in [3.63, 3.8) is 0 Å². The molecule has 0 spiro atoms. The van der Waals surface area contributed by atoms with Crippen LogP contribution >= 0.6 is 0 Å². The second kappa shape index (κ2) is 6.05. The van der Waals surface area contributed by atoms with Crippen LogP contribution in [0, 0.1) is 5.92 Å². The van der Waals surface area contributed by atoms with Crippen molar-refractivity contribution in [2.45, 2.75) is 13.8 Å². The van der Waals surface area contributed by atoms with E-state index >= 15 is 0 Å². The molecule has 1 atom stereocenters. The molecule has 0 aliphatic heterocycles. The van der Waals surface area contributed by atoms with E-state index in [2.05, 4.69) is 5.32 Å². The van der Waals surface area contributed by atoms with Gasteiger partial charge in [0.15, 0.2) is 0 Å². The Bertz CT molecular complexity index is 456. The predicted molar refractivity (Wildman–Crippen MR) is 68.0 cm³/mol. The Balaban J connectivity index is 2.94. The second-order valence-corrected chi connectivity index (χ2v) is 3.89. The number of nitrogens with one attached hydrogen (secondary N) is 1. The minimum Gasteiger partial charge on any atom is -0.497 e. The molecule has 0 bridgehead atoms. The maximum Gasteiger partial charge on any atom is 0.234 e. The Hall–Kier alpha value is -2.04. The van der Waals surface area contributed by atoms with Gasteiger partial charge in [-0.05, 0) is 26.0 Å². The highest BCUT2D eigenvalue weighted by molar-refractivity contribution is 6.06. The fourth-order valence-electron chi connectivity index (χ4n) is 1.34. The Kier molecular flexibility index (Phi) is 4.71. The van der Waals surface area contributed by atoms with Crippen LogP contribution in [0.25, 0.3) is 0 Å². The van der Waals surface area contributed by atoms with Gasteiger partial charge in [0.1, 0.15) is 17.3 Å². The molecule has 18 heavy (non-hydrogen) atoms. The normalized spacial score (nSPS) is 11.6. The molecule has 5 nitrogen and oxygen atoms in total. The fourth-order valence-corrected chi connectivity index (χ4v) is 1.34. The number of carbonyl (C=O) groups is 2. The van der Waals surface area contributed by atoms with Gasteiger partial charge in [0, 0.05) is 6.07 Å². The molecule has 0 heterocycles. The summed E-state index contributed by atoms with van der Waals surface area (Å²) in [5.41, 5.74) is 0.481. The number of amides is 1.